The minimum atomic E-state index is 0.0215. The summed E-state index contributed by atoms with van der Waals surface area (Å²) in [6, 6.07) is 13.2. The molecule has 6 rings (SSSR count). The quantitative estimate of drug-likeness (QED) is 0.416. The number of hydrogen-bond donors (Lipinski definition) is 1. The Hall–Kier alpha value is -4.55. The standard InChI is InChI=1S/C25H19N7O2/c33-25(31-11-13-34-14-12-31)19-3-1-18(2-4-19)22-7-8-23-27-15-20(32(23)30-22)6-5-17-9-10-26-24-21(17)16-28-29-24/h1-4,7-10,15-16H,11-14H2,(H,26,28,29). The van der Waals surface area contributed by atoms with Crippen LogP contribution in [0.25, 0.3) is 27.9 Å². The van der Waals surface area contributed by atoms with Gasteiger partial charge in [-0.3, -0.25) is 9.89 Å². The molecule has 0 atom stereocenters. The van der Waals surface area contributed by atoms with Gasteiger partial charge in [-0.15, -0.1) is 0 Å². The molecule has 0 aliphatic carbocycles. The number of imidazole rings is 1. The summed E-state index contributed by atoms with van der Waals surface area (Å²) in [7, 11) is 0. The van der Waals surface area contributed by atoms with Crippen molar-refractivity contribution < 1.29 is 9.53 Å². The molecule has 4 aromatic heterocycles. The van der Waals surface area contributed by atoms with Gasteiger partial charge < -0.3 is 9.64 Å². The number of pyridine rings is 1. The van der Waals surface area contributed by atoms with Gasteiger partial charge in [0.2, 0.25) is 0 Å². The van der Waals surface area contributed by atoms with Crippen molar-refractivity contribution in [2.45, 2.75) is 0 Å². The molecular weight excluding hydrogens is 430 g/mol. The number of aromatic nitrogens is 6. The molecule has 0 radical (unpaired) electrons. The predicted molar refractivity (Wildman–Crippen MR) is 125 cm³/mol. The van der Waals surface area contributed by atoms with E-state index < -0.39 is 0 Å². The van der Waals surface area contributed by atoms with Crippen LogP contribution in [0.1, 0.15) is 21.6 Å². The second-order valence-corrected chi connectivity index (χ2v) is 7.85. The Morgan fingerprint density at radius 2 is 1.82 bits per heavy atom. The van der Waals surface area contributed by atoms with Crippen LogP contribution in [0.3, 0.4) is 0 Å². The van der Waals surface area contributed by atoms with Crippen LogP contribution in [0, 0.1) is 11.8 Å². The molecule has 0 bridgehead atoms. The van der Waals surface area contributed by atoms with Crippen molar-refractivity contribution in [2.24, 2.45) is 0 Å². The van der Waals surface area contributed by atoms with Gasteiger partial charge in [0.25, 0.3) is 5.91 Å². The number of H-pyrrole nitrogens is 1. The summed E-state index contributed by atoms with van der Waals surface area (Å²) in [4.78, 5) is 23.2. The van der Waals surface area contributed by atoms with E-state index in [1.165, 1.54) is 0 Å². The lowest BCUT2D eigenvalue weighted by Gasteiger charge is -2.26. The second-order valence-electron chi connectivity index (χ2n) is 7.85. The first-order chi connectivity index (χ1) is 16.8. The zero-order valence-corrected chi connectivity index (χ0v) is 18.1. The van der Waals surface area contributed by atoms with Gasteiger partial charge in [0, 0.05) is 36.0 Å². The average molecular weight is 449 g/mol. The van der Waals surface area contributed by atoms with Crippen molar-refractivity contribution in [3.63, 3.8) is 0 Å². The molecule has 1 aromatic carbocycles. The Balaban J connectivity index is 1.29. The van der Waals surface area contributed by atoms with E-state index in [1.807, 2.05) is 47.4 Å². The zero-order valence-electron chi connectivity index (χ0n) is 18.1. The zero-order chi connectivity index (χ0) is 22.9. The van der Waals surface area contributed by atoms with Crippen LogP contribution < -0.4 is 0 Å². The summed E-state index contributed by atoms with van der Waals surface area (Å²) in [5.74, 6) is 6.36. The highest BCUT2D eigenvalue weighted by Gasteiger charge is 2.18. The maximum absolute atomic E-state index is 12.7. The molecule has 9 nitrogen and oxygen atoms in total. The van der Waals surface area contributed by atoms with Gasteiger partial charge in [0.05, 0.1) is 36.7 Å². The fourth-order valence-electron chi connectivity index (χ4n) is 3.94. The number of morpholine rings is 1. The highest BCUT2D eigenvalue weighted by atomic mass is 16.5. The van der Waals surface area contributed by atoms with Crippen LogP contribution in [0.4, 0.5) is 0 Å². The number of ether oxygens (including phenoxy) is 1. The first kappa shape index (κ1) is 20.1. The maximum atomic E-state index is 12.7. The van der Waals surface area contributed by atoms with Crippen molar-refractivity contribution in [1.82, 2.24) is 34.7 Å². The summed E-state index contributed by atoms with van der Waals surface area (Å²) in [6.45, 7) is 2.40. The summed E-state index contributed by atoms with van der Waals surface area (Å²) >= 11 is 0. The molecule has 1 aliphatic rings. The largest absolute Gasteiger partial charge is 0.378 e. The number of carbonyl (C=O) groups excluding carboxylic acids is 1. The Bertz CT molecular complexity index is 1570. The summed E-state index contributed by atoms with van der Waals surface area (Å²) in [6.07, 6.45) is 5.12. The Labute approximate surface area is 194 Å². The van der Waals surface area contributed by atoms with Crippen LogP contribution in [0.15, 0.2) is 61.1 Å². The Kier molecular flexibility index (Phi) is 4.98. The number of hydrogen-bond acceptors (Lipinski definition) is 6. The fraction of sp³-hybridized carbons (Fsp3) is 0.160. The molecule has 0 saturated carbocycles. The lowest BCUT2D eigenvalue weighted by molar-refractivity contribution is 0.0303. The number of carbonyl (C=O) groups is 1. The summed E-state index contributed by atoms with van der Waals surface area (Å²) in [5, 5.41) is 12.5. The van der Waals surface area contributed by atoms with E-state index in [2.05, 4.69) is 32.0 Å². The van der Waals surface area contributed by atoms with Crippen LogP contribution in [-0.2, 0) is 4.74 Å². The Morgan fingerprint density at radius 3 is 2.68 bits per heavy atom. The molecule has 0 spiro atoms. The number of amides is 1. The van der Waals surface area contributed by atoms with Crippen molar-refractivity contribution in [2.75, 3.05) is 26.3 Å². The van der Waals surface area contributed by atoms with Crippen molar-refractivity contribution in [3.05, 3.63) is 77.9 Å². The van der Waals surface area contributed by atoms with Gasteiger partial charge in [-0.2, -0.15) is 10.2 Å². The van der Waals surface area contributed by atoms with Crippen LogP contribution in [0.2, 0.25) is 0 Å². The first-order valence-electron chi connectivity index (χ1n) is 10.9. The molecule has 1 aliphatic heterocycles. The van der Waals surface area contributed by atoms with Crippen LogP contribution in [-0.4, -0.2) is 66.9 Å². The van der Waals surface area contributed by atoms with Gasteiger partial charge >= 0.3 is 0 Å². The highest BCUT2D eigenvalue weighted by Crippen LogP contribution is 2.20. The van der Waals surface area contributed by atoms with Crippen LogP contribution >= 0.6 is 0 Å². The predicted octanol–water partition coefficient (Wildman–Crippen LogP) is 2.54. The van der Waals surface area contributed by atoms with Crippen molar-refractivity contribution in [1.29, 1.82) is 0 Å². The van der Waals surface area contributed by atoms with Gasteiger partial charge in [0.1, 0.15) is 5.69 Å². The van der Waals surface area contributed by atoms with E-state index in [-0.39, 0.29) is 5.91 Å². The second kappa shape index (κ2) is 8.42. The molecule has 1 fully saturated rings. The van der Waals surface area contributed by atoms with Gasteiger partial charge in [-0.1, -0.05) is 18.1 Å². The van der Waals surface area contributed by atoms with Crippen molar-refractivity contribution in [3.8, 4) is 23.1 Å². The molecule has 9 heteroatoms. The number of benzene rings is 1. The smallest absolute Gasteiger partial charge is 0.254 e. The van der Waals surface area contributed by atoms with Crippen molar-refractivity contribution >= 4 is 22.6 Å². The lowest BCUT2D eigenvalue weighted by Crippen LogP contribution is -2.40. The van der Waals surface area contributed by atoms with E-state index in [0.717, 1.165) is 22.2 Å². The average Bonchev–Trinajstić information content (AvgIpc) is 3.55. The minimum Gasteiger partial charge on any atom is -0.378 e. The molecule has 166 valence electrons. The molecule has 1 amide bonds. The minimum absolute atomic E-state index is 0.0215. The summed E-state index contributed by atoms with van der Waals surface area (Å²) < 4.78 is 7.06. The van der Waals surface area contributed by atoms with Gasteiger partial charge in [-0.05, 0) is 36.3 Å². The van der Waals surface area contributed by atoms with Gasteiger partial charge in [-0.25, -0.2) is 14.5 Å². The third kappa shape index (κ3) is 3.66. The molecule has 0 unspecified atom stereocenters. The van der Waals surface area contributed by atoms with Gasteiger partial charge in [0.15, 0.2) is 11.3 Å². The Morgan fingerprint density at radius 1 is 0.971 bits per heavy atom. The number of nitrogens with one attached hydrogen (secondary N) is 1. The number of rotatable bonds is 2. The molecule has 5 heterocycles. The lowest BCUT2D eigenvalue weighted by atomic mass is 10.1. The fourth-order valence-corrected chi connectivity index (χ4v) is 3.94. The number of nitrogens with zero attached hydrogens (tertiary/aromatic N) is 6. The van der Waals surface area contributed by atoms with E-state index in [1.54, 1.807) is 23.1 Å². The molecule has 1 N–H and O–H groups in total. The first-order valence-corrected chi connectivity index (χ1v) is 10.9. The summed E-state index contributed by atoms with van der Waals surface area (Å²) in [5.41, 5.74) is 5.22. The van der Waals surface area contributed by atoms with E-state index in [4.69, 9.17) is 9.84 Å². The SMILES string of the molecule is O=C(c1ccc(-c2ccc3ncc(C#Cc4ccnc5[nH]ncc45)n3n2)cc1)N1CCOCC1. The maximum Gasteiger partial charge on any atom is 0.254 e. The number of aromatic amines is 1. The van der Waals surface area contributed by atoms with E-state index in [9.17, 15) is 4.79 Å². The third-order valence-corrected chi connectivity index (χ3v) is 5.77. The normalized spacial score (nSPS) is 13.7. The highest BCUT2D eigenvalue weighted by molar-refractivity contribution is 5.94. The van der Waals surface area contributed by atoms with Crippen LogP contribution in [0.5, 0.6) is 0 Å². The number of fused-ring (bicyclic) bond motifs is 2. The topological polar surface area (TPSA) is 101 Å². The molecule has 34 heavy (non-hydrogen) atoms. The molecule has 5 aromatic rings. The molecule has 1 saturated heterocycles. The molecular formula is C25H19N7O2. The van der Waals surface area contributed by atoms with E-state index in [0.29, 0.717) is 48.9 Å². The monoisotopic (exact) mass is 449 g/mol. The third-order valence-electron chi connectivity index (χ3n) is 5.77. The van der Waals surface area contributed by atoms with E-state index >= 15 is 0 Å².